The second-order valence-electron chi connectivity index (χ2n) is 3.59. The molecule has 3 heteroatoms. The fourth-order valence-corrected chi connectivity index (χ4v) is 1.76. The topological polar surface area (TPSA) is 51.0 Å². The number of hydrogen-bond acceptors (Lipinski definition) is 2. The largest absolute Gasteiger partial charge is 0.372 e. The lowest BCUT2D eigenvalue weighted by Gasteiger charge is -2.11. The molecule has 1 unspecified atom stereocenters. The number of aromatic nitrogens is 1. The molecule has 2 aromatic rings. The molecule has 1 aromatic carbocycles. The number of ether oxygens (including phenoxy) is 1. The van der Waals surface area contributed by atoms with Gasteiger partial charge in [0, 0.05) is 29.2 Å². The molecule has 1 aromatic heterocycles. The molecule has 0 radical (unpaired) electrons. The van der Waals surface area contributed by atoms with E-state index in [0.29, 0.717) is 13.2 Å². The van der Waals surface area contributed by atoms with Gasteiger partial charge in [-0.3, -0.25) is 0 Å². The molecule has 2 rings (SSSR count). The summed E-state index contributed by atoms with van der Waals surface area (Å²) in [5.74, 6) is 0. The maximum Gasteiger partial charge on any atom is 0.0818 e. The van der Waals surface area contributed by atoms with Crippen LogP contribution in [0.25, 0.3) is 10.9 Å². The van der Waals surface area contributed by atoms with E-state index in [0.717, 1.165) is 5.52 Å². The van der Waals surface area contributed by atoms with Crippen LogP contribution in [0.4, 0.5) is 0 Å². The molecule has 0 aliphatic carbocycles. The highest BCUT2D eigenvalue weighted by molar-refractivity contribution is 5.83. The number of nitrogens with one attached hydrogen (secondary N) is 1. The van der Waals surface area contributed by atoms with Crippen LogP contribution < -0.4 is 5.73 Å². The van der Waals surface area contributed by atoms with E-state index in [1.807, 2.05) is 25.3 Å². The molecule has 0 saturated carbocycles. The van der Waals surface area contributed by atoms with Gasteiger partial charge in [0.25, 0.3) is 0 Å². The summed E-state index contributed by atoms with van der Waals surface area (Å²) in [6.45, 7) is 3.21. The Kier molecular flexibility index (Phi) is 3.04. The third kappa shape index (κ3) is 2.03. The Morgan fingerprint density at radius 1 is 1.40 bits per heavy atom. The molecule has 0 aliphatic rings. The van der Waals surface area contributed by atoms with Gasteiger partial charge in [0.05, 0.1) is 12.7 Å². The molecule has 0 bridgehead atoms. The Hall–Kier alpha value is -1.32. The summed E-state index contributed by atoms with van der Waals surface area (Å²) >= 11 is 0. The molecule has 80 valence electrons. The second-order valence-corrected chi connectivity index (χ2v) is 3.59. The molecule has 3 N–H and O–H groups in total. The minimum atomic E-state index is 0.0877. The van der Waals surface area contributed by atoms with Gasteiger partial charge < -0.3 is 15.5 Å². The predicted molar refractivity (Wildman–Crippen MR) is 61.7 cm³/mol. The van der Waals surface area contributed by atoms with Crippen LogP contribution in [-0.4, -0.2) is 18.1 Å². The van der Waals surface area contributed by atoms with E-state index in [1.165, 1.54) is 10.9 Å². The SMILES string of the molecule is CC(OCCN)c1c[nH]c2ccccc12. The number of rotatable bonds is 4. The lowest BCUT2D eigenvalue weighted by Crippen LogP contribution is -2.10. The van der Waals surface area contributed by atoms with E-state index >= 15 is 0 Å². The molecule has 1 atom stereocenters. The van der Waals surface area contributed by atoms with Gasteiger partial charge in [-0.1, -0.05) is 18.2 Å². The first-order valence-corrected chi connectivity index (χ1v) is 5.20. The van der Waals surface area contributed by atoms with Crippen LogP contribution in [-0.2, 0) is 4.74 Å². The monoisotopic (exact) mass is 204 g/mol. The van der Waals surface area contributed by atoms with Crippen molar-refractivity contribution in [2.75, 3.05) is 13.2 Å². The number of hydrogen-bond donors (Lipinski definition) is 2. The first-order chi connectivity index (χ1) is 7.33. The Labute approximate surface area is 89.2 Å². The average molecular weight is 204 g/mol. The minimum absolute atomic E-state index is 0.0877. The number of benzene rings is 1. The van der Waals surface area contributed by atoms with E-state index < -0.39 is 0 Å². The zero-order valence-corrected chi connectivity index (χ0v) is 8.86. The summed E-state index contributed by atoms with van der Waals surface area (Å²) in [7, 11) is 0. The van der Waals surface area contributed by atoms with Crippen molar-refractivity contribution in [3.63, 3.8) is 0 Å². The summed E-state index contributed by atoms with van der Waals surface area (Å²) in [5, 5.41) is 1.22. The van der Waals surface area contributed by atoms with Gasteiger partial charge in [0.15, 0.2) is 0 Å². The third-order valence-electron chi connectivity index (χ3n) is 2.54. The summed E-state index contributed by atoms with van der Waals surface area (Å²) in [5.41, 5.74) is 7.75. The summed E-state index contributed by atoms with van der Waals surface area (Å²) < 4.78 is 5.60. The van der Waals surface area contributed by atoms with Crippen molar-refractivity contribution in [3.05, 3.63) is 36.0 Å². The van der Waals surface area contributed by atoms with Crippen LogP contribution in [0, 0.1) is 0 Å². The fourth-order valence-electron chi connectivity index (χ4n) is 1.76. The standard InChI is InChI=1S/C12H16N2O/c1-9(15-7-6-13)11-8-14-12-5-3-2-4-10(11)12/h2-5,8-9,14H,6-7,13H2,1H3. The number of aromatic amines is 1. The zero-order chi connectivity index (χ0) is 10.7. The summed E-state index contributed by atoms with van der Waals surface area (Å²) in [6, 6.07) is 8.22. The molecule has 0 aliphatic heterocycles. The smallest absolute Gasteiger partial charge is 0.0818 e. The van der Waals surface area contributed by atoms with Gasteiger partial charge in [-0.25, -0.2) is 0 Å². The van der Waals surface area contributed by atoms with E-state index in [2.05, 4.69) is 17.1 Å². The first-order valence-electron chi connectivity index (χ1n) is 5.20. The van der Waals surface area contributed by atoms with E-state index in [1.54, 1.807) is 0 Å². The van der Waals surface area contributed by atoms with Crippen LogP contribution in [0.3, 0.4) is 0 Å². The van der Waals surface area contributed by atoms with Crippen LogP contribution in [0.2, 0.25) is 0 Å². The maximum absolute atomic E-state index is 5.60. The Morgan fingerprint density at radius 3 is 3.00 bits per heavy atom. The lowest BCUT2D eigenvalue weighted by atomic mass is 10.1. The average Bonchev–Trinajstić information content (AvgIpc) is 2.69. The predicted octanol–water partition coefficient (Wildman–Crippen LogP) is 2.20. The van der Waals surface area contributed by atoms with Crippen LogP contribution in [0.5, 0.6) is 0 Å². The molecule has 0 fully saturated rings. The molecular formula is C12H16N2O. The number of para-hydroxylation sites is 1. The number of nitrogens with two attached hydrogens (primary N) is 1. The zero-order valence-electron chi connectivity index (χ0n) is 8.86. The Balaban J connectivity index is 2.27. The van der Waals surface area contributed by atoms with Crippen molar-refractivity contribution in [3.8, 4) is 0 Å². The van der Waals surface area contributed by atoms with Crippen molar-refractivity contribution in [2.45, 2.75) is 13.0 Å². The molecule has 0 saturated heterocycles. The normalized spacial score (nSPS) is 13.2. The Morgan fingerprint density at radius 2 is 2.20 bits per heavy atom. The van der Waals surface area contributed by atoms with Crippen LogP contribution in [0.15, 0.2) is 30.5 Å². The van der Waals surface area contributed by atoms with E-state index in [-0.39, 0.29) is 6.10 Å². The third-order valence-corrected chi connectivity index (χ3v) is 2.54. The molecule has 15 heavy (non-hydrogen) atoms. The van der Waals surface area contributed by atoms with Crippen LogP contribution in [0.1, 0.15) is 18.6 Å². The van der Waals surface area contributed by atoms with Gasteiger partial charge >= 0.3 is 0 Å². The highest BCUT2D eigenvalue weighted by Gasteiger charge is 2.10. The van der Waals surface area contributed by atoms with Gasteiger partial charge in [0.2, 0.25) is 0 Å². The molecule has 3 nitrogen and oxygen atoms in total. The first kappa shape index (κ1) is 10.2. The molecule has 1 heterocycles. The van der Waals surface area contributed by atoms with Crippen molar-refractivity contribution < 1.29 is 4.74 Å². The summed E-state index contributed by atoms with van der Waals surface area (Å²) in [4.78, 5) is 3.23. The Bertz CT molecular complexity index is 436. The van der Waals surface area contributed by atoms with Crippen LogP contribution >= 0.6 is 0 Å². The van der Waals surface area contributed by atoms with Crippen molar-refractivity contribution in [1.82, 2.24) is 4.98 Å². The summed E-state index contributed by atoms with van der Waals surface area (Å²) in [6.07, 6.45) is 2.09. The fraction of sp³-hybridized carbons (Fsp3) is 0.333. The van der Waals surface area contributed by atoms with Gasteiger partial charge in [0.1, 0.15) is 0 Å². The lowest BCUT2D eigenvalue weighted by molar-refractivity contribution is 0.0728. The van der Waals surface area contributed by atoms with Gasteiger partial charge in [-0.05, 0) is 13.0 Å². The molecular weight excluding hydrogens is 188 g/mol. The quantitative estimate of drug-likeness (QED) is 0.802. The van der Waals surface area contributed by atoms with Crippen molar-refractivity contribution >= 4 is 10.9 Å². The van der Waals surface area contributed by atoms with Crippen molar-refractivity contribution in [2.24, 2.45) is 5.73 Å². The molecule has 0 amide bonds. The van der Waals surface area contributed by atoms with E-state index in [4.69, 9.17) is 10.5 Å². The maximum atomic E-state index is 5.60. The van der Waals surface area contributed by atoms with Gasteiger partial charge in [-0.2, -0.15) is 0 Å². The van der Waals surface area contributed by atoms with E-state index in [9.17, 15) is 0 Å². The highest BCUT2D eigenvalue weighted by Crippen LogP contribution is 2.25. The highest BCUT2D eigenvalue weighted by atomic mass is 16.5. The minimum Gasteiger partial charge on any atom is -0.372 e. The number of H-pyrrole nitrogens is 1. The second kappa shape index (κ2) is 4.47. The van der Waals surface area contributed by atoms with Crippen molar-refractivity contribution in [1.29, 1.82) is 0 Å². The van der Waals surface area contributed by atoms with Gasteiger partial charge in [-0.15, -0.1) is 0 Å². The molecule has 0 spiro atoms. The number of fused-ring (bicyclic) bond motifs is 1.